The second-order valence-electron chi connectivity index (χ2n) is 4.68. The van der Waals surface area contributed by atoms with Crippen LogP contribution in [0.2, 0.25) is 0 Å². The molecule has 17 heavy (non-hydrogen) atoms. The Morgan fingerprint density at radius 2 is 2.12 bits per heavy atom. The zero-order valence-electron chi connectivity index (χ0n) is 10.0. The fourth-order valence-electron chi connectivity index (χ4n) is 2.25. The van der Waals surface area contributed by atoms with Crippen molar-refractivity contribution >= 4 is 11.0 Å². The van der Waals surface area contributed by atoms with Crippen LogP contribution in [-0.2, 0) is 0 Å². The lowest BCUT2D eigenvalue weighted by molar-refractivity contribution is 0.110. The van der Waals surface area contributed by atoms with E-state index >= 15 is 0 Å². The molecule has 0 bridgehead atoms. The number of likely N-dealkylation sites (tertiary alicyclic amines) is 1. The van der Waals surface area contributed by atoms with Crippen molar-refractivity contribution < 1.29 is 4.74 Å². The first-order valence-corrected chi connectivity index (χ1v) is 6.10. The van der Waals surface area contributed by atoms with Crippen LogP contribution >= 0.6 is 0 Å². The van der Waals surface area contributed by atoms with Crippen LogP contribution in [0.1, 0.15) is 12.8 Å². The molecule has 1 saturated heterocycles. The van der Waals surface area contributed by atoms with E-state index in [2.05, 4.69) is 21.9 Å². The number of piperidine rings is 1. The summed E-state index contributed by atoms with van der Waals surface area (Å²) in [6, 6.07) is 5.93. The van der Waals surface area contributed by atoms with Gasteiger partial charge in [0.15, 0.2) is 0 Å². The van der Waals surface area contributed by atoms with E-state index < -0.39 is 0 Å². The number of pyridine rings is 1. The third-order valence-corrected chi connectivity index (χ3v) is 3.33. The van der Waals surface area contributed by atoms with Crippen LogP contribution in [-0.4, -0.2) is 41.1 Å². The Bertz CT molecular complexity index is 500. The predicted octanol–water partition coefficient (Wildman–Crippen LogP) is 2.04. The van der Waals surface area contributed by atoms with Crippen LogP contribution in [0.3, 0.4) is 0 Å². The minimum atomic E-state index is 0.315. The van der Waals surface area contributed by atoms with Gasteiger partial charge in [0.2, 0.25) is 5.88 Å². The Hall–Kier alpha value is -1.55. The minimum absolute atomic E-state index is 0.315. The van der Waals surface area contributed by atoms with E-state index in [4.69, 9.17) is 4.74 Å². The number of hydrogen-bond donors (Lipinski definition) is 1. The van der Waals surface area contributed by atoms with Crippen LogP contribution in [0, 0.1) is 0 Å². The SMILES string of the molecule is CN1CCC(Oc2ccc3[nH]ccc3n2)CC1. The average molecular weight is 231 g/mol. The summed E-state index contributed by atoms with van der Waals surface area (Å²) in [5, 5.41) is 0. The molecule has 0 amide bonds. The normalized spacial score (nSPS) is 18.6. The van der Waals surface area contributed by atoms with Crippen LogP contribution in [0.5, 0.6) is 5.88 Å². The second kappa shape index (κ2) is 4.37. The molecule has 0 radical (unpaired) electrons. The molecule has 2 aromatic rings. The van der Waals surface area contributed by atoms with E-state index in [0.29, 0.717) is 6.10 Å². The summed E-state index contributed by atoms with van der Waals surface area (Å²) in [4.78, 5) is 9.95. The molecule has 3 rings (SSSR count). The summed E-state index contributed by atoms with van der Waals surface area (Å²) in [7, 11) is 2.15. The van der Waals surface area contributed by atoms with Crippen molar-refractivity contribution in [2.75, 3.05) is 20.1 Å². The van der Waals surface area contributed by atoms with Gasteiger partial charge < -0.3 is 14.6 Å². The quantitative estimate of drug-likeness (QED) is 0.860. The van der Waals surface area contributed by atoms with Gasteiger partial charge in [0.25, 0.3) is 0 Å². The Labute approximate surface area is 101 Å². The monoisotopic (exact) mass is 231 g/mol. The number of ether oxygens (including phenoxy) is 1. The Balaban J connectivity index is 1.71. The summed E-state index contributed by atoms with van der Waals surface area (Å²) in [6.07, 6.45) is 4.39. The Morgan fingerprint density at radius 3 is 2.94 bits per heavy atom. The number of aromatic nitrogens is 2. The van der Waals surface area contributed by atoms with Crippen molar-refractivity contribution in [2.24, 2.45) is 0 Å². The number of hydrogen-bond acceptors (Lipinski definition) is 3. The number of rotatable bonds is 2. The van der Waals surface area contributed by atoms with Crippen LogP contribution < -0.4 is 4.74 Å². The Kier molecular flexibility index (Phi) is 2.73. The zero-order chi connectivity index (χ0) is 11.7. The van der Waals surface area contributed by atoms with Gasteiger partial charge in [0.05, 0.1) is 11.0 Å². The molecule has 2 aromatic heterocycles. The highest BCUT2D eigenvalue weighted by molar-refractivity contribution is 5.75. The fourth-order valence-corrected chi connectivity index (χ4v) is 2.25. The van der Waals surface area contributed by atoms with Gasteiger partial charge in [-0.1, -0.05) is 0 Å². The molecule has 1 aliphatic heterocycles. The minimum Gasteiger partial charge on any atom is -0.474 e. The van der Waals surface area contributed by atoms with Crippen molar-refractivity contribution in [3.63, 3.8) is 0 Å². The van der Waals surface area contributed by atoms with E-state index in [9.17, 15) is 0 Å². The van der Waals surface area contributed by atoms with Crippen LogP contribution in [0.15, 0.2) is 24.4 Å². The fraction of sp³-hybridized carbons (Fsp3) is 0.462. The zero-order valence-corrected chi connectivity index (χ0v) is 10.0. The van der Waals surface area contributed by atoms with Crippen molar-refractivity contribution in [3.8, 4) is 5.88 Å². The number of nitrogens with one attached hydrogen (secondary N) is 1. The van der Waals surface area contributed by atoms with Gasteiger partial charge >= 0.3 is 0 Å². The van der Waals surface area contributed by atoms with Crippen molar-refractivity contribution in [3.05, 3.63) is 24.4 Å². The predicted molar refractivity (Wildman–Crippen MR) is 67.2 cm³/mol. The van der Waals surface area contributed by atoms with Gasteiger partial charge in [0.1, 0.15) is 6.10 Å². The topological polar surface area (TPSA) is 41.1 Å². The van der Waals surface area contributed by atoms with E-state index in [1.54, 1.807) is 0 Å². The van der Waals surface area contributed by atoms with Crippen LogP contribution in [0.4, 0.5) is 0 Å². The molecule has 0 unspecified atom stereocenters. The Morgan fingerprint density at radius 1 is 1.29 bits per heavy atom. The first kappa shape index (κ1) is 10.6. The third kappa shape index (κ3) is 2.26. The highest BCUT2D eigenvalue weighted by Gasteiger charge is 2.18. The molecule has 3 heterocycles. The first-order valence-electron chi connectivity index (χ1n) is 6.10. The van der Waals surface area contributed by atoms with Gasteiger partial charge in [-0.3, -0.25) is 0 Å². The smallest absolute Gasteiger partial charge is 0.214 e. The molecule has 0 aliphatic carbocycles. The molecule has 90 valence electrons. The molecule has 0 aromatic carbocycles. The molecule has 0 saturated carbocycles. The number of H-pyrrole nitrogens is 1. The first-order chi connectivity index (χ1) is 8.31. The molecule has 0 spiro atoms. The van der Waals surface area contributed by atoms with E-state index in [1.165, 1.54) is 0 Å². The highest BCUT2D eigenvalue weighted by atomic mass is 16.5. The lowest BCUT2D eigenvalue weighted by atomic mass is 10.1. The van der Waals surface area contributed by atoms with Gasteiger partial charge in [-0.05, 0) is 32.0 Å². The van der Waals surface area contributed by atoms with Crippen LogP contribution in [0.25, 0.3) is 11.0 Å². The maximum absolute atomic E-state index is 5.93. The van der Waals surface area contributed by atoms with Gasteiger partial charge in [0, 0.05) is 25.4 Å². The van der Waals surface area contributed by atoms with Gasteiger partial charge in [-0.15, -0.1) is 0 Å². The third-order valence-electron chi connectivity index (χ3n) is 3.33. The van der Waals surface area contributed by atoms with E-state index in [-0.39, 0.29) is 0 Å². The van der Waals surface area contributed by atoms with Crippen molar-refractivity contribution in [2.45, 2.75) is 18.9 Å². The average Bonchev–Trinajstić information content (AvgIpc) is 2.79. The number of aromatic amines is 1. The standard InChI is InChI=1S/C13H17N3O/c1-16-8-5-10(6-9-16)17-13-3-2-11-12(15-13)4-7-14-11/h2-4,7,10,14H,5-6,8-9H2,1H3. The summed E-state index contributed by atoms with van der Waals surface area (Å²) < 4.78 is 5.93. The molecule has 0 atom stereocenters. The van der Waals surface area contributed by atoms with Crippen molar-refractivity contribution in [1.82, 2.24) is 14.9 Å². The number of nitrogens with zero attached hydrogens (tertiary/aromatic N) is 2. The van der Waals surface area contributed by atoms with Crippen molar-refractivity contribution in [1.29, 1.82) is 0 Å². The molecule has 1 fully saturated rings. The molecule has 1 aliphatic rings. The van der Waals surface area contributed by atoms with Gasteiger partial charge in [-0.25, -0.2) is 4.98 Å². The molecular weight excluding hydrogens is 214 g/mol. The molecule has 4 heteroatoms. The maximum Gasteiger partial charge on any atom is 0.214 e. The summed E-state index contributed by atoms with van der Waals surface area (Å²) in [5.41, 5.74) is 2.02. The lowest BCUT2D eigenvalue weighted by Crippen LogP contribution is -2.35. The number of fused-ring (bicyclic) bond motifs is 1. The second-order valence-corrected chi connectivity index (χ2v) is 4.68. The molecule has 4 nitrogen and oxygen atoms in total. The van der Waals surface area contributed by atoms with Gasteiger partial charge in [-0.2, -0.15) is 0 Å². The summed E-state index contributed by atoms with van der Waals surface area (Å²) in [6.45, 7) is 2.22. The van der Waals surface area contributed by atoms with E-state index in [0.717, 1.165) is 42.8 Å². The highest BCUT2D eigenvalue weighted by Crippen LogP contribution is 2.19. The maximum atomic E-state index is 5.93. The molecular formula is C13H17N3O. The molecule has 1 N–H and O–H groups in total. The summed E-state index contributed by atoms with van der Waals surface area (Å²) >= 11 is 0. The largest absolute Gasteiger partial charge is 0.474 e. The lowest BCUT2D eigenvalue weighted by Gasteiger charge is -2.28. The summed E-state index contributed by atoms with van der Waals surface area (Å²) in [5.74, 6) is 0.742. The van der Waals surface area contributed by atoms with E-state index in [1.807, 2.05) is 24.4 Å².